The van der Waals surface area contributed by atoms with Crippen molar-refractivity contribution in [3.05, 3.63) is 0 Å². The summed E-state index contributed by atoms with van der Waals surface area (Å²) in [5.74, 6) is 0.126. The van der Waals surface area contributed by atoms with Crippen LogP contribution in [0, 0.1) is 5.92 Å². The average Bonchev–Trinajstić information content (AvgIpc) is 2.75. The zero-order chi connectivity index (χ0) is 10.8. The first-order valence-corrected chi connectivity index (χ1v) is 5.72. The second kappa shape index (κ2) is 4.49. The summed E-state index contributed by atoms with van der Waals surface area (Å²) in [5, 5.41) is 0. The lowest BCUT2D eigenvalue weighted by Crippen LogP contribution is -2.27. The fraction of sp³-hybridized carbons (Fsp3) is 0.909. The minimum atomic E-state index is 0.0136. The fourth-order valence-electron chi connectivity index (χ4n) is 2.38. The van der Waals surface area contributed by atoms with Crippen molar-refractivity contribution < 1.29 is 9.53 Å². The molecule has 4 heteroatoms. The van der Waals surface area contributed by atoms with Crippen molar-refractivity contribution >= 4 is 5.97 Å². The third-order valence-electron chi connectivity index (χ3n) is 3.36. The zero-order valence-corrected chi connectivity index (χ0v) is 9.61. The number of carbonyl (C=O) groups excluding carboxylic acids is 1. The van der Waals surface area contributed by atoms with Crippen LogP contribution in [0.15, 0.2) is 0 Å². The van der Waals surface area contributed by atoms with E-state index in [1.807, 2.05) is 0 Å². The first-order chi connectivity index (χ1) is 7.15. The molecule has 0 saturated carbocycles. The Morgan fingerprint density at radius 2 is 1.80 bits per heavy atom. The predicted octanol–water partition coefficient (Wildman–Crippen LogP) is 0.185. The van der Waals surface area contributed by atoms with Crippen LogP contribution in [0.4, 0.5) is 0 Å². The van der Waals surface area contributed by atoms with Gasteiger partial charge < -0.3 is 14.5 Å². The van der Waals surface area contributed by atoms with Crippen LogP contribution in [-0.4, -0.2) is 62.1 Å². The predicted molar refractivity (Wildman–Crippen MR) is 57.6 cm³/mol. The van der Waals surface area contributed by atoms with Crippen molar-refractivity contribution in [1.29, 1.82) is 0 Å². The van der Waals surface area contributed by atoms with Gasteiger partial charge in [-0.3, -0.25) is 4.79 Å². The number of hydrogen-bond donors (Lipinski definition) is 0. The highest BCUT2D eigenvalue weighted by atomic mass is 16.5. The zero-order valence-electron chi connectivity index (χ0n) is 9.61. The highest BCUT2D eigenvalue weighted by Gasteiger charge is 2.30. The largest absolute Gasteiger partial charge is 0.461 e. The molecule has 0 N–H and O–H groups in total. The van der Waals surface area contributed by atoms with Crippen LogP contribution < -0.4 is 0 Å². The smallest absolute Gasteiger partial charge is 0.310 e. The molecule has 4 nitrogen and oxygen atoms in total. The first kappa shape index (κ1) is 10.9. The quantitative estimate of drug-likeness (QED) is 0.612. The number of nitrogens with zero attached hydrogens (tertiary/aromatic N) is 2. The Bertz CT molecular complexity index is 245. The number of ether oxygens (including phenoxy) is 1. The van der Waals surface area contributed by atoms with E-state index in [0.717, 1.165) is 39.0 Å². The Hall–Kier alpha value is -0.610. The lowest BCUT2D eigenvalue weighted by Gasteiger charge is -2.15. The van der Waals surface area contributed by atoms with Gasteiger partial charge in [0.1, 0.15) is 6.10 Å². The van der Waals surface area contributed by atoms with E-state index in [0.29, 0.717) is 0 Å². The SMILES string of the molecule is CN1CCC(OC(=O)C2CCN(C)C2)C1. The number of carbonyl (C=O) groups is 1. The van der Waals surface area contributed by atoms with Gasteiger partial charge in [0, 0.05) is 19.6 Å². The van der Waals surface area contributed by atoms with Crippen molar-refractivity contribution in [2.45, 2.75) is 18.9 Å². The third kappa shape index (κ3) is 2.69. The molecule has 2 atom stereocenters. The van der Waals surface area contributed by atoms with E-state index in [4.69, 9.17) is 4.74 Å². The van der Waals surface area contributed by atoms with Crippen molar-refractivity contribution in [2.75, 3.05) is 40.3 Å². The van der Waals surface area contributed by atoms with E-state index in [1.165, 1.54) is 0 Å². The second-order valence-electron chi connectivity index (χ2n) is 4.86. The second-order valence-corrected chi connectivity index (χ2v) is 4.86. The van der Waals surface area contributed by atoms with Gasteiger partial charge in [0.15, 0.2) is 0 Å². The van der Waals surface area contributed by atoms with Crippen molar-refractivity contribution in [3.8, 4) is 0 Å². The average molecular weight is 212 g/mol. The molecular formula is C11H20N2O2. The molecule has 86 valence electrons. The molecule has 0 radical (unpaired) electrons. The van der Waals surface area contributed by atoms with Crippen LogP contribution >= 0.6 is 0 Å². The van der Waals surface area contributed by atoms with Crippen molar-refractivity contribution in [3.63, 3.8) is 0 Å². The number of likely N-dealkylation sites (N-methyl/N-ethyl adjacent to an activating group) is 1. The minimum absolute atomic E-state index is 0.0136. The number of esters is 1. The van der Waals surface area contributed by atoms with E-state index < -0.39 is 0 Å². The van der Waals surface area contributed by atoms with Gasteiger partial charge in [-0.15, -0.1) is 0 Å². The van der Waals surface area contributed by atoms with E-state index in [-0.39, 0.29) is 18.0 Å². The standard InChI is InChI=1S/C11H20N2O2/c1-12-5-3-9(7-12)11(14)15-10-4-6-13(2)8-10/h9-10H,3-8H2,1-2H3. The molecule has 2 unspecified atom stereocenters. The van der Waals surface area contributed by atoms with E-state index in [9.17, 15) is 4.79 Å². The Morgan fingerprint density at radius 3 is 2.33 bits per heavy atom. The van der Waals surface area contributed by atoms with Gasteiger partial charge in [-0.2, -0.15) is 0 Å². The van der Waals surface area contributed by atoms with Crippen LogP contribution in [0.25, 0.3) is 0 Å². The molecule has 0 aromatic rings. The fourth-order valence-corrected chi connectivity index (χ4v) is 2.38. The van der Waals surface area contributed by atoms with Crippen molar-refractivity contribution in [2.24, 2.45) is 5.92 Å². The van der Waals surface area contributed by atoms with Gasteiger partial charge in [-0.1, -0.05) is 0 Å². The number of hydrogen-bond acceptors (Lipinski definition) is 4. The molecule has 2 aliphatic rings. The molecule has 0 aromatic carbocycles. The van der Waals surface area contributed by atoms with Gasteiger partial charge >= 0.3 is 5.97 Å². The van der Waals surface area contributed by atoms with Crippen LogP contribution in [-0.2, 0) is 9.53 Å². The maximum atomic E-state index is 11.8. The normalized spacial score (nSPS) is 33.5. The molecule has 15 heavy (non-hydrogen) atoms. The third-order valence-corrected chi connectivity index (χ3v) is 3.36. The highest BCUT2D eigenvalue weighted by Crippen LogP contribution is 2.19. The summed E-state index contributed by atoms with van der Waals surface area (Å²) in [7, 11) is 4.12. The van der Waals surface area contributed by atoms with E-state index in [2.05, 4.69) is 23.9 Å². The summed E-state index contributed by atoms with van der Waals surface area (Å²) in [6.07, 6.45) is 2.08. The molecule has 0 aliphatic carbocycles. The van der Waals surface area contributed by atoms with Gasteiger partial charge in [-0.05, 0) is 33.5 Å². The maximum absolute atomic E-state index is 11.8. The van der Waals surface area contributed by atoms with Gasteiger partial charge in [0.2, 0.25) is 0 Å². The van der Waals surface area contributed by atoms with Gasteiger partial charge in [-0.25, -0.2) is 0 Å². The summed E-state index contributed by atoms with van der Waals surface area (Å²) >= 11 is 0. The summed E-state index contributed by atoms with van der Waals surface area (Å²) in [4.78, 5) is 16.2. The lowest BCUT2D eigenvalue weighted by atomic mass is 10.1. The Labute approximate surface area is 91.2 Å². The molecule has 0 spiro atoms. The molecule has 0 bridgehead atoms. The van der Waals surface area contributed by atoms with Gasteiger partial charge in [0.05, 0.1) is 5.92 Å². The minimum Gasteiger partial charge on any atom is -0.461 e. The molecule has 0 amide bonds. The molecule has 2 rings (SSSR count). The monoisotopic (exact) mass is 212 g/mol. The number of rotatable bonds is 2. The Morgan fingerprint density at radius 1 is 1.13 bits per heavy atom. The molecule has 2 heterocycles. The summed E-state index contributed by atoms with van der Waals surface area (Å²) in [6, 6.07) is 0. The topological polar surface area (TPSA) is 32.8 Å². The van der Waals surface area contributed by atoms with E-state index in [1.54, 1.807) is 0 Å². The lowest BCUT2D eigenvalue weighted by molar-refractivity contribution is -0.152. The molecular weight excluding hydrogens is 192 g/mol. The summed E-state index contributed by atoms with van der Waals surface area (Å²) < 4.78 is 5.51. The molecule has 2 fully saturated rings. The molecule has 2 aliphatic heterocycles. The summed E-state index contributed by atoms with van der Waals surface area (Å²) in [5.41, 5.74) is 0. The van der Waals surface area contributed by atoms with Crippen LogP contribution in [0.5, 0.6) is 0 Å². The number of likely N-dealkylation sites (tertiary alicyclic amines) is 2. The van der Waals surface area contributed by atoms with Crippen LogP contribution in [0.2, 0.25) is 0 Å². The Kier molecular flexibility index (Phi) is 3.26. The molecule has 2 saturated heterocycles. The molecule has 0 aromatic heterocycles. The summed E-state index contributed by atoms with van der Waals surface area (Å²) in [6.45, 7) is 3.82. The van der Waals surface area contributed by atoms with Crippen molar-refractivity contribution in [1.82, 2.24) is 9.80 Å². The van der Waals surface area contributed by atoms with E-state index >= 15 is 0 Å². The Balaban J connectivity index is 1.77. The first-order valence-electron chi connectivity index (χ1n) is 5.72. The van der Waals surface area contributed by atoms with Crippen LogP contribution in [0.3, 0.4) is 0 Å². The van der Waals surface area contributed by atoms with Gasteiger partial charge in [0.25, 0.3) is 0 Å². The van der Waals surface area contributed by atoms with Crippen LogP contribution in [0.1, 0.15) is 12.8 Å². The highest BCUT2D eigenvalue weighted by molar-refractivity contribution is 5.73. The maximum Gasteiger partial charge on any atom is 0.310 e.